The van der Waals surface area contributed by atoms with Crippen molar-refractivity contribution >= 4 is 32.6 Å². The van der Waals surface area contributed by atoms with Gasteiger partial charge in [0, 0.05) is 11.9 Å². The number of fused-ring (bicyclic) bond motifs is 1. The first kappa shape index (κ1) is 23.8. The van der Waals surface area contributed by atoms with Crippen LogP contribution in [0.1, 0.15) is 43.7 Å². The van der Waals surface area contributed by atoms with E-state index < -0.39 is 16.1 Å². The molecule has 0 radical (unpaired) electrons. The summed E-state index contributed by atoms with van der Waals surface area (Å²) in [5.74, 6) is 0.528. The maximum absolute atomic E-state index is 13.5. The fourth-order valence-corrected chi connectivity index (χ4v) is 5.65. The maximum Gasteiger partial charge on any atom is 0.333 e. The first-order chi connectivity index (χ1) is 17.3. The number of benzene rings is 2. The molecule has 4 aromatic rings. The van der Waals surface area contributed by atoms with Crippen LogP contribution in [0.5, 0.6) is 0 Å². The summed E-state index contributed by atoms with van der Waals surface area (Å²) in [6.45, 7) is 1.84. The Morgan fingerprint density at radius 2 is 1.75 bits per heavy atom. The van der Waals surface area contributed by atoms with Gasteiger partial charge in [0.25, 0.3) is 15.6 Å². The molecule has 2 aromatic carbocycles. The zero-order valence-corrected chi connectivity index (χ0v) is 20.7. The van der Waals surface area contributed by atoms with E-state index >= 15 is 0 Å². The predicted molar refractivity (Wildman–Crippen MR) is 138 cm³/mol. The molecular formula is C26H27N5O4S. The lowest BCUT2D eigenvalue weighted by Crippen LogP contribution is -2.34. The van der Waals surface area contributed by atoms with Gasteiger partial charge in [0.05, 0.1) is 21.8 Å². The molecule has 1 saturated carbocycles. The molecule has 10 heteroatoms. The Bertz CT molecular complexity index is 1570. The highest BCUT2D eigenvalue weighted by atomic mass is 32.2. The molecule has 0 aliphatic heterocycles. The van der Waals surface area contributed by atoms with Gasteiger partial charge >= 0.3 is 6.03 Å². The zero-order chi connectivity index (χ0) is 25.3. The molecular weight excluding hydrogens is 478 g/mol. The zero-order valence-electron chi connectivity index (χ0n) is 19.8. The molecule has 0 atom stereocenters. The van der Waals surface area contributed by atoms with Gasteiger partial charge in [0.15, 0.2) is 5.82 Å². The van der Waals surface area contributed by atoms with Gasteiger partial charge in [0.2, 0.25) is 0 Å². The van der Waals surface area contributed by atoms with Crippen molar-refractivity contribution in [3.8, 4) is 5.82 Å². The number of nitrogens with zero attached hydrogens (tertiary/aromatic N) is 3. The van der Waals surface area contributed by atoms with Crippen molar-refractivity contribution in [2.24, 2.45) is 0 Å². The molecule has 9 nitrogen and oxygen atoms in total. The summed E-state index contributed by atoms with van der Waals surface area (Å²) in [6.07, 6.45) is 6.95. The second-order valence-corrected chi connectivity index (χ2v) is 10.7. The fourth-order valence-electron chi connectivity index (χ4n) is 4.74. The lowest BCUT2D eigenvalue weighted by atomic mass is 9.95. The highest BCUT2D eigenvalue weighted by Crippen LogP contribution is 2.32. The quantitative estimate of drug-likeness (QED) is 0.414. The van der Waals surface area contributed by atoms with Crippen LogP contribution >= 0.6 is 0 Å². The Morgan fingerprint density at radius 1 is 1.00 bits per heavy atom. The van der Waals surface area contributed by atoms with Gasteiger partial charge in [-0.05, 0) is 62.2 Å². The molecule has 1 fully saturated rings. The van der Waals surface area contributed by atoms with Gasteiger partial charge in [-0.25, -0.2) is 22.9 Å². The minimum absolute atomic E-state index is 0.0125. The molecule has 0 bridgehead atoms. The second-order valence-electron chi connectivity index (χ2n) is 9.05. The highest BCUT2D eigenvalue weighted by molar-refractivity contribution is 7.90. The number of amides is 2. The van der Waals surface area contributed by atoms with Crippen LogP contribution in [0.4, 0.5) is 10.5 Å². The van der Waals surface area contributed by atoms with Crippen molar-refractivity contribution in [1.29, 1.82) is 0 Å². The molecule has 1 aliphatic carbocycles. The normalized spacial score (nSPS) is 14.6. The number of nitrogens with one attached hydrogen (secondary N) is 2. The lowest BCUT2D eigenvalue weighted by Gasteiger charge is -2.26. The molecule has 2 aromatic heterocycles. The number of anilines is 1. The molecule has 0 unspecified atom stereocenters. The van der Waals surface area contributed by atoms with Crippen LogP contribution in [0.25, 0.3) is 16.7 Å². The Hall–Kier alpha value is -3.92. The van der Waals surface area contributed by atoms with Crippen LogP contribution in [0.3, 0.4) is 0 Å². The number of sulfonamides is 1. The Kier molecular flexibility index (Phi) is 6.36. The van der Waals surface area contributed by atoms with Crippen LogP contribution < -0.4 is 15.6 Å². The lowest BCUT2D eigenvalue weighted by molar-refractivity contribution is 0.256. The molecule has 1 aliphatic rings. The van der Waals surface area contributed by atoms with E-state index in [9.17, 15) is 18.0 Å². The van der Waals surface area contributed by atoms with Crippen LogP contribution in [0, 0.1) is 6.92 Å². The first-order valence-electron chi connectivity index (χ1n) is 11.9. The van der Waals surface area contributed by atoms with Crippen molar-refractivity contribution in [2.45, 2.75) is 50.0 Å². The number of rotatable bonds is 5. The van der Waals surface area contributed by atoms with E-state index in [2.05, 4.69) is 10.3 Å². The fraction of sp³-hybridized carbons (Fsp3) is 0.269. The third-order valence-electron chi connectivity index (χ3n) is 6.48. The maximum atomic E-state index is 13.5. The third-order valence-corrected chi connectivity index (χ3v) is 7.83. The van der Waals surface area contributed by atoms with Crippen molar-refractivity contribution in [3.05, 3.63) is 82.8 Å². The second kappa shape index (κ2) is 9.62. The Morgan fingerprint density at radius 3 is 2.44 bits per heavy atom. The standard InChI is InChI=1S/C26H27N5O4S/c1-18-10-13-21(14-11-18)36(34,35)29-26(33)28-19-12-15-23-22(17-19)25(32)31(24-9-5-6-16-27-24)30(23)20-7-3-2-4-8-20/h5-6,9-17,20H,2-4,7-8H2,1H3,(H2,28,29,33). The minimum atomic E-state index is -4.04. The monoisotopic (exact) mass is 505 g/mol. The van der Waals surface area contributed by atoms with E-state index in [0.717, 1.165) is 36.8 Å². The predicted octanol–water partition coefficient (Wildman–Crippen LogP) is 4.51. The van der Waals surface area contributed by atoms with Gasteiger partial charge in [-0.15, -0.1) is 0 Å². The number of hydrogen-bond acceptors (Lipinski definition) is 5. The average Bonchev–Trinajstić information content (AvgIpc) is 3.16. The van der Waals surface area contributed by atoms with E-state index in [-0.39, 0.29) is 16.5 Å². The van der Waals surface area contributed by atoms with E-state index in [4.69, 9.17) is 0 Å². The van der Waals surface area contributed by atoms with Crippen molar-refractivity contribution in [1.82, 2.24) is 19.1 Å². The Balaban J connectivity index is 1.48. The van der Waals surface area contributed by atoms with E-state index in [1.165, 1.54) is 18.6 Å². The van der Waals surface area contributed by atoms with Crippen LogP contribution in [-0.2, 0) is 10.0 Å². The third kappa shape index (κ3) is 4.64. The SMILES string of the molecule is Cc1ccc(S(=O)(=O)NC(=O)Nc2ccc3c(c2)c(=O)n(-c2ccccn2)n3C2CCCCC2)cc1. The summed E-state index contributed by atoms with van der Waals surface area (Å²) in [5, 5.41) is 2.97. The van der Waals surface area contributed by atoms with E-state index in [1.54, 1.807) is 53.3 Å². The van der Waals surface area contributed by atoms with Gasteiger partial charge in [-0.2, -0.15) is 4.68 Å². The summed E-state index contributed by atoms with van der Waals surface area (Å²) in [4.78, 5) is 30.5. The van der Waals surface area contributed by atoms with Crippen molar-refractivity contribution in [2.75, 3.05) is 5.32 Å². The molecule has 2 heterocycles. The number of carbonyl (C=O) groups excluding carboxylic acids is 1. The molecule has 2 N–H and O–H groups in total. The van der Waals surface area contributed by atoms with Gasteiger partial charge < -0.3 is 5.32 Å². The molecule has 0 saturated heterocycles. The first-order valence-corrected chi connectivity index (χ1v) is 13.4. The number of hydrogen-bond donors (Lipinski definition) is 2. The van der Waals surface area contributed by atoms with E-state index in [1.807, 2.05) is 22.4 Å². The van der Waals surface area contributed by atoms with Crippen molar-refractivity contribution in [3.63, 3.8) is 0 Å². The van der Waals surface area contributed by atoms with Gasteiger partial charge in [-0.1, -0.05) is 43.0 Å². The molecule has 186 valence electrons. The topological polar surface area (TPSA) is 115 Å². The summed E-state index contributed by atoms with van der Waals surface area (Å²) in [6, 6.07) is 15.9. The molecule has 36 heavy (non-hydrogen) atoms. The largest absolute Gasteiger partial charge is 0.333 e. The van der Waals surface area contributed by atoms with E-state index in [0.29, 0.717) is 16.9 Å². The molecule has 2 amide bonds. The Labute approximate surface area is 208 Å². The number of urea groups is 1. The number of carbonyl (C=O) groups is 1. The number of aromatic nitrogens is 3. The summed E-state index contributed by atoms with van der Waals surface area (Å²) >= 11 is 0. The highest BCUT2D eigenvalue weighted by Gasteiger charge is 2.24. The van der Waals surface area contributed by atoms with Crippen molar-refractivity contribution < 1.29 is 13.2 Å². The average molecular weight is 506 g/mol. The molecule has 0 spiro atoms. The smallest absolute Gasteiger partial charge is 0.307 e. The minimum Gasteiger partial charge on any atom is -0.307 e. The van der Waals surface area contributed by atoms with Crippen LogP contribution in [-0.4, -0.2) is 28.8 Å². The summed E-state index contributed by atoms with van der Waals surface area (Å²) in [7, 11) is -4.04. The van der Waals surface area contributed by atoms with Gasteiger partial charge in [-0.3, -0.25) is 9.48 Å². The molecule has 5 rings (SSSR count). The summed E-state index contributed by atoms with van der Waals surface area (Å²) < 4.78 is 30.8. The number of aryl methyl sites for hydroxylation is 1. The number of pyridine rings is 1. The van der Waals surface area contributed by atoms with Crippen LogP contribution in [0.15, 0.2) is 76.6 Å². The van der Waals surface area contributed by atoms with Crippen LogP contribution in [0.2, 0.25) is 0 Å². The van der Waals surface area contributed by atoms with Gasteiger partial charge in [0.1, 0.15) is 0 Å². The summed E-state index contributed by atoms with van der Waals surface area (Å²) in [5.41, 5.74) is 1.72.